The molecule has 2 aromatic rings. The number of methoxy groups -OCH3 is 2. The lowest BCUT2D eigenvalue weighted by molar-refractivity contribution is -0.146. The van der Waals surface area contributed by atoms with Crippen LogP contribution in [0.5, 0.6) is 11.5 Å². The molecule has 8 nitrogen and oxygen atoms in total. The number of amides is 1. The number of hydrogen-bond acceptors (Lipinski definition) is 6. The lowest BCUT2D eigenvalue weighted by Gasteiger charge is -2.42. The third-order valence-corrected chi connectivity index (χ3v) is 5.85. The Labute approximate surface area is 176 Å². The van der Waals surface area contributed by atoms with Crippen LogP contribution in [0, 0.1) is 0 Å². The minimum Gasteiger partial charge on any atom is -0.496 e. The van der Waals surface area contributed by atoms with Gasteiger partial charge in [0.15, 0.2) is 0 Å². The van der Waals surface area contributed by atoms with Crippen LogP contribution >= 0.6 is 12.4 Å². The zero-order chi connectivity index (χ0) is 19.7. The second kappa shape index (κ2) is 8.61. The van der Waals surface area contributed by atoms with Crippen molar-refractivity contribution in [1.82, 2.24) is 20.0 Å². The molecule has 9 heteroatoms. The van der Waals surface area contributed by atoms with Gasteiger partial charge in [0.05, 0.1) is 20.8 Å². The molecule has 29 heavy (non-hydrogen) atoms. The van der Waals surface area contributed by atoms with Gasteiger partial charge in [-0.3, -0.25) is 9.48 Å². The molecule has 4 rings (SSSR count). The summed E-state index contributed by atoms with van der Waals surface area (Å²) in [5.74, 6) is 1.23. The van der Waals surface area contributed by atoms with Gasteiger partial charge in [0.1, 0.15) is 23.1 Å². The molecule has 1 aromatic carbocycles. The molecular weight excluding hydrogens is 396 g/mol. The van der Waals surface area contributed by atoms with Crippen molar-refractivity contribution in [2.75, 3.05) is 33.9 Å². The number of halogens is 1. The highest BCUT2D eigenvalue weighted by atomic mass is 35.5. The maximum absolute atomic E-state index is 13.7. The highest BCUT2D eigenvalue weighted by molar-refractivity contribution is 5.85. The standard InChI is InChI=1S/C20H26N4O4.ClH/c1-27-16-4-5-17(28-2)18-14(16)12-23(13-15(18)25)19(26)20(6-9-21-10-7-20)24-11-3-8-22-24;/h3-5,8,11,15,21,25H,6-7,9-10,12-13H2,1-2H3;1H. The maximum Gasteiger partial charge on any atom is 0.251 e. The first-order chi connectivity index (χ1) is 13.6. The van der Waals surface area contributed by atoms with E-state index < -0.39 is 11.6 Å². The Morgan fingerprint density at radius 2 is 1.93 bits per heavy atom. The number of carbonyl (C=O) groups excluding carboxylic acids is 1. The number of β-amino-alcohol motifs (C(OH)–C–C–N with tert-alkyl or cyclic N) is 1. The average Bonchev–Trinajstić information content (AvgIpc) is 3.28. The fourth-order valence-electron chi connectivity index (χ4n) is 4.43. The topological polar surface area (TPSA) is 88.9 Å². The van der Waals surface area contributed by atoms with Crippen LogP contribution in [0.2, 0.25) is 0 Å². The van der Waals surface area contributed by atoms with Crippen molar-refractivity contribution < 1.29 is 19.4 Å². The van der Waals surface area contributed by atoms with Gasteiger partial charge in [-0.15, -0.1) is 12.4 Å². The Morgan fingerprint density at radius 1 is 1.24 bits per heavy atom. The maximum atomic E-state index is 13.7. The van der Waals surface area contributed by atoms with Gasteiger partial charge in [-0.25, -0.2) is 0 Å². The quantitative estimate of drug-likeness (QED) is 0.775. The predicted molar refractivity (Wildman–Crippen MR) is 109 cm³/mol. The summed E-state index contributed by atoms with van der Waals surface area (Å²) < 4.78 is 12.7. The Balaban J connectivity index is 0.00000240. The Morgan fingerprint density at radius 3 is 2.55 bits per heavy atom. The van der Waals surface area contributed by atoms with E-state index in [9.17, 15) is 9.90 Å². The summed E-state index contributed by atoms with van der Waals surface area (Å²) in [5.41, 5.74) is 0.751. The van der Waals surface area contributed by atoms with Crippen LogP contribution in [0.15, 0.2) is 30.6 Å². The van der Waals surface area contributed by atoms with E-state index in [2.05, 4.69) is 10.4 Å². The molecule has 0 saturated carbocycles. The van der Waals surface area contributed by atoms with Crippen LogP contribution < -0.4 is 14.8 Å². The summed E-state index contributed by atoms with van der Waals surface area (Å²) in [4.78, 5) is 15.5. The number of nitrogens with one attached hydrogen (secondary N) is 1. The SMILES string of the molecule is COc1ccc(OC)c2c1CN(C(=O)C1(n3cccn3)CCNCC1)CC2O.Cl. The molecule has 0 aliphatic carbocycles. The number of nitrogens with zero attached hydrogens (tertiary/aromatic N) is 3. The average molecular weight is 423 g/mol. The van der Waals surface area contributed by atoms with Crippen LogP contribution in [0.3, 0.4) is 0 Å². The second-order valence-corrected chi connectivity index (χ2v) is 7.30. The monoisotopic (exact) mass is 422 g/mol. The van der Waals surface area contributed by atoms with E-state index in [1.807, 2.05) is 18.3 Å². The van der Waals surface area contributed by atoms with E-state index >= 15 is 0 Å². The normalized spacial score (nSPS) is 20.4. The number of benzene rings is 1. The van der Waals surface area contributed by atoms with E-state index in [4.69, 9.17) is 9.47 Å². The smallest absolute Gasteiger partial charge is 0.251 e. The number of aliphatic hydroxyl groups excluding tert-OH is 1. The van der Waals surface area contributed by atoms with Crippen LogP contribution in [0.4, 0.5) is 0 Å². The summed E-state index contributed by atoms with van der Waals surface area (Å²) in [7, 11) is 3.17. The van der Waals surface area contributed by atoms with Gasteiger partial charge >= 0.3 is 0 Å². The molecule has 2 aliphatic rings. The first-order valence-electron chi connectivity index (χ1n) is 9.53. The lowest BCUT2D eigenvalue weighted by atomic mass is 9.85. The molecule has 1 amide bonds. The predicted octanol–water partition coefficient (Wildman–Crippen LogP) is 1.48. The van der Waals surface area contributed by atoms with Crippen LogP contribution in [-0.2, 0) is 16.9 Å². The minimum absolute atomic E-state index is 0. The number of carbonyl (C=O) groups is 1. The van der Waals surface area contributed by atoms with Crippen LogP contribution in [0.1, 0.15) is 30.1 Å². The van der Waals surface area contributed by atoms with Crippen molar-refractivity contribution in [3.05, 3.63) is 41.7 Å². The number of fused-ring (bicyclic) bond motifs is 1. The summed E-state index contributed by atoms with van der Waals surface area (Å²) in [5, 5.41) is 18.6. The number of aromatic nitrogens is 2. The van der Waals surface area contributed by atoms with E-state index in [-0.39, 0.29) is 24.9 Å². The molecule has 1 unspecified atom stereocenters. The largest absolute Gasteiger partial charge is 0.496 e. The summed E-state index contributed by atoms with van der Waals surface area (Å²) in [6.45, 7) is 2.07. The van der Waals surface area contributed by atoms with Crippen molar-refractivity contribution in [3.63, 3.8) is 0 Å². The van der Waals surface area contributed by atoms with Gasteiger partial charge in [-0.2, -0.15) is 5.10 Å². The van der Waals surface area contributed by atoms with E-state index in [1.165, 1.54) is 0 Å². The fraction of sp³-hybridized carbons (Fsp3) is 0.500. The Hall–Kier alpha value is -2.29. The molecule has 0 radical (unpaired) electrons. The van der Waals surface area contributed by atoms with E-state index in [0.29, 0.717) is 36.4 Å². The lowest BCUT2D eigenvalue weighted by Crippen LogP contribution is -2.56. The van der Waals surface area contributed by atoms with Gasteiger partial charge < -0.3 is 24.8 Å². The molecular formula is C20H27ClN4O4. The molecule has 1 fully saturated rings. The van der Waals surface area contributed by atoms with Gasteiger partial charge in [0.2, 0.25) is 0 Å². The Kier molecular flexibility index (Phi) is 6.36. The molecule has 1 saturated heterocycles. The van der Waals surface area contributed by atoms with Gasteiger partial charge in [-0.05, 0) is 44.1 Å². The number of rotatable bonds is 4. The first-order valence-corrected chi connectivity index (χ1v) is 9.53. The highest BCUT2D eigenvalue weighted by Crippen LogP contribution is 2.41. The number of aliphatic hydroxyl groups is 1. The van der Waals surface area contributed by atoms with E-state index in [1.54, 1.807) is 36.1 Å². The summed E-state index contributed by atoms with van der Waals surface area (Å²) in [6, 6.07) is 5.44. The highest BCUT2D eigenvalue weighted by Gasteiger charge is 2.46. The molecule has 3 heterocycles. The molecule has 158 valence electrons. The van der Waals surface area contributed by atoms with Crippen molar-refractivity contribution >= 4 is 18.3 Å². The van der Waals surface area contributed by atoms with Crippen LogP contribution in [-0.4, -0.2) is 59.5 Å². The zero-order valence-electron chi connectivity index (χ0n) is 16.6. The van der Waals surface area contributed by atoms with Gasteiger partial charge in [-0.1, -0.05) is 0 Å². The summed E-state index contributed by atoms with van der Waals surface area (Å²) >= 11 is 0. The zero-order valence-corrected chi connectivity index (χ0v) is 17.4. The molecule has 1 atom stereocenters. The van der Waals surface area contributed by atoms with Crippen molar-refractivity contribution in [1.29, 1.82) is 0 Å². The Bertz CT molecular complexity index is 852. The number of ether oxygens (including phenoxy) is 2. The van der Waals surface area contributed by atoms with Gasteiger partial charge in [0.25, 0.3) is 5.91 Å². The van der Waals surface area contributed by atoms with Crippen molar-refractivity contribution in [2.45, 2.75) is 31.0 Å². The molecule has 1 aromatic heterocycles. The molecule has 2 N–H and O–H groups in total. The molecule has 0 bridgehead atoms. The van der Waals surface area contributed by atoms with Gasteiger partial charge in [0, 0.05) is 30.1 Å². The van der Waals surface area contributed by atoms with Crippen molar-refractivity contribution in [2.24, 2.45) is 0 Å². The summed E-state index contributed by atoms with van der Waals surface area (Å²) in [6.07, 6.45) is 4.02. The third kappa shape index (κ3) is 3.56. The second-order valence-electron chi connectivity index (χ2n) is 7.30. The first kappa shape index (κ1) is 21.4. The third-order valence-electron chi connectivity index (χ3n) is 5.85. The fourth-order valence-corrected chi connectivity index (χ4v) is 4.43. The number of piperidine rings is 1. The van der Waals surface area contributed by atoms with Crippen molar-refractivity contribution in [3.8, 4) is 11.5 Å². The number of hydrogen-bond donors (Lipinski definition) is 2. The van der Waals surface area contributed by atoms with Crippen LogP contribution in [0.25, 0.3) is 0 Å². The van der Waals surface area contributed by atoms with E-state index in [0.717, 1.165) is 18.7 Å². The molecule has 0 spiro atoms. The molecule has 2 aliphatic heterocycles. The minimum atomic E-state index is -0.839.